The number of carboxylic acids is 1. The van der Waals surface area contributed by atoms with Crippen LogP contribution in [0.15, 0.2) is 23.2 Å². The van der Waals surface area contributed by atoms with Crippen LogP contribution in [-0.2, 0) is 9.53 Å². The van der Waals surface area contributed by atoms with Crippen LogP contribution in [0.25, 0.3) is 0 Å². The highest BCUT2D eigenvalue weighted by Gasteiger charge is 2.28. The summed E-state index contributed by atoms with van der Waals surface area (Å²) in [5.41, 5.74) is -1.01. The summed E-state index contributed by atoms with van der Waals surface area (Å²) in [4.78, 5) is 34.3. The predicted octanol–water partition coefficient (Wildman–Crippen LogP) is 0.733. The van der Waals surface area contributed by atoms with E-state index in [0.29, 0.717) is 0 Å². The third-order valence-electron chi connectivity index (χ3n) is 2.51. The molecule has 0 spiro atoms. The summed E-state index contributed by atoms with van der Waals surface area (Å²) in [6.45, 7) is -0.221. The summed E-state index contributed by atoms with van der Waals surface area (Å²) >= 11 is 0. The van der Waals surface area contributed by atoms with Crippen molar-refractivity contribution in [1.82, 2.24) is 0 Å². The molecule has 0 aliphatic carbocycles. The van der Waals surface area contributed by atoms with Gasteiger partial charge in [0, 0.05) is 17.7 Å². The highest BCUT2D eigenvalue weighted by atomic mass is 16.6. The molecule has 0 fully saturated rings. The third-order valence-corrected chi connectivity index (χ3v) is 2.51. The Bertz CT molecular complexity index is 607. The standard InChI is InChI=1S/C10H7N3O7/c14-10(15)8-4-20-9(11-8)5-1-6(12(16)17)3-7(2-5)13(18)19/h1-3,8H,4H2,(H,14,15). The van der Waals surface area contributed by atoms with Crippen molar-refractivity contribution in [3.05, 3.63) is 44.0 Å². The maximum Gasteiger partial charge on any atom is 0.332 e. The molecule has 20 heavy (non-hydrogen) atoms. The molecule has 1 atom stereocenters. The number of nitro benzene ring substituents is 2. The number of rotatable bonds is 4. The van der Waals surface area contributed by atoms with Crippen LogP contribution in [0.1, 0.15) is 5.56 Å². The van der Waals surface area contributed by atoms with Gasteiger partial charge >= 0.3 is 5.97 Å². The molecule has 0 amide bonds. The molecule has 0 bridgehead atoms. The Labute approximate surface area is 110 Å². The summed E-state index contributed by atoms with van der Waals surface area (Å²) in [7, 11) is 0. The zero-order valence-corrected chi connectivity index (χ0v) is 9.75. The fourth-order valence-corrected chi connectivity index (χ4v) is 1.59. The number of carboxylic acid groups (broad SMARTS) is 1. The lowest BCUT2D eigenvalue weighted by atomic mass is 10.1. The van der Waals surface area contributed by atoms with Gasteiger partial charge < -0.3 is 9.84 Å². The molecule has 0 aromatic heterocycles. The molecule has 1 unspecified atom stereocenters. The molecule has 1 heterocycles. The van der Waals surface area contributed by atoms with Crippen LogP contribution in [0.5, 0.6) is 0 Å². The van der Waals surface area contributed by atoms with E-state index in [-0.39, 0.29) is 18.1 Å². The Kier molecular flexibility index (Phi) is 3.29. The molecule has 1 N–H and O–H groups in total. The minimum atomic E-state index is -1.21. The van der Waals surface area contributed by atoms with Gasteiger partial charge in [-0.2, -0.15) is 0 Å². The minimum absolute atomic E-state index is 0.00495. The Balaban J connectivity index is 2.46. The van der Waals surface area contributed by atoms with E-state index in [0.717, 1.165) is 18.2 Å². The molecule has 0 radical (unpaired) electrons. The average molecular weight is 281 g/mol. The first kappa shape index (κ1) is 13.4. The van der Waals surface area contributed by atoms with Crippen molar-refractivity contribution in [2.24, 2.45) is 4.99 Å². The first-order chi connectivity index (χ1) is 9.38. The van der Waals surface area contributed by atoms with Crippen molar-refractivity contribution in [3.63, 3.8) is 0 Å². The number of ether oxygens (including phenoxy) is 1. The highest BCUT2D eigenvalue weighted by Crippen LogP contribution is 2.24. The number of aliphatic carboxylic acids is 1. The monoisotopic (exact) mass is 281 g/mol. The number of hydrogen-bond acceptors (Lipinski definition) is 7. The van der Waals surface area contributed by atoms with Crippen LogP contribution in [0.3, 0.4) is 0 Å². The zero-order valence-electron chi connectivity index (χ0n) is 9.75. The molecule has 104 valence electrons. The van der Waals surface area contributed by atoms with E-state index in [2.05, 4.69) is 4.99 Å². The normalized spacial score (nSPS) is 17.2. The topological polar surface area (TPSA) is 145 Å². The first-order valence-corrected chi connectivity index (χ1v) is 5.26. The summed E-state index contributed by atoms with van der Waals surface area (Å²) in [5, 5.41) is 30.2. The molecular weight excluding hydrogens is 274 g/mol. The maximum absolute atomic E-state index is 10.7. The number of hydrogen-bond donors (Lipinski definition) is 1. The van der Waals surface area contributed by atoms with Crippen LogP contribution in [0, 0.1) is 20.2 Å². The largest absolute Gasteiger partial charge is 0.480 e. The van der Waals surface area contributed by atoms with Crippen molar-refractivity contribution in [3.8, 4) is 0 Å². The smallest absolute Gasteiger partial charge is 0.332 e. The van der Waals surface area contributed by atoms with E-state index >= 15 is 0 Å². The lowest BCUT2D eigenvalue weighted by molar-refractivity contribution is -0.394. The van der Waals surface area contributed by atoms with Gasteiger partial charge in [-0.15, -0.1) is 0 Å². The van der Waals surface area contributed by atoms with Crippen LogP contribution in [0.4, 0.5) is 11.4 Å². The summed E-state index contributed by atoms with van der Waals surface area (Å²) < 4.78 is 5.01. The van der Waals surface area contributed by atoms with Gasteiger partial charge in [0.05, 0.1) is 15.9 Å². The number of benzene rings is 1. The molecular formula is C10H7N3O7. The SMILES string of the molecule is O=C(O)C1COC(c2cc([N+](=O)[O-])cc([N+](=O)[O-])c2)=N1. The molecule has 0 saturated heterocycles. The summed E-state index contributed by atoms with van der Waals surface area (Å²) in [5.74, 6) is -1.37. The van der Waals surface area contributed by atoms with E-state index in [1.807, 2.05) is 0 Å². The highest BCUT2D eigenvalue weighted by molar-refractivity contribution is 5.98. The maximum atomic E-state index is 10.7. The van der Waals surface area contributed by atoms with Gasteiger partial charge in [-0.25, -0.2) is 9.79 Å². The Morgan fingerprint density at radius 1 is 1.25 bits per heavy atom. The van der Waals surface area contributed by atoms with Crippen molar-refractivity contribution >= 4 is 23.2 Å². The van der Waals surface area contributed by atoms with Gasteiger partial charge in [-0.05, 0) is 0 Å². The van der Waals surface area contributed by atoms with Gasteiger partial charge in [0.15, 0.2) is 6.04 Å². The third kappa shape index (κ3) is 2.53. The van der Waals surface area contributed by atoms with Crippen LogP contribution >= 0.6 is 0 Å². The lowest BCUT2D eigenvalue weighted by Gasteiger charge is -2.01. The van der Waals surface area contributed by atoms with Crippen molar-refractivity contribution in [1.29, 1.82) is 0 Å². The summed E-state index contributed by atoms with van der Waals surface area (Å²) in [6.07, 6.45) is 0. The number of aliphatic imine (C=N–C) groups is 1. The number of carbonyl (C=O) groups is 1. The first-order valence-electron chi connectivity index (χ1n) is 5.26. The Hall–Kier alpha value is -3.04. The van der Waals surface area contributed by atoms with Gasteiger partial charge in [0.1, 0.15) is 6.61 Å². The fourth-order valence-electron chi connectivity index (χ4n) is 1.59. The second-order valence-electron chi connectivity index (χ2n) is 3.85. The fraction of sp³-hybridized carbons (Fsp3) is 0.200. The van der Waals surface area contributed by atoms with Crippen LogP contribution < -0.4 is 0 Å². The van der Waals surface area contributed by atoms with Gasteiger partial charge in [-0.1, -0.05) is 0 Å². The van der Waals surface area contributed by atoms with E-state index in [1.165, 1.54) is 0 Å². The second-order valence-corrected chi connectivity index (χ2v) is 3.85. The molecule has 1 aromatic carbocycles. The molecule has 1 aliphatic heterocycles. The van der Waals surface area contributed by atoms with E-state index < -0.39 is 33.2 Å². The van der Waals surface area contributed by atoms with E-state index in [9.17, 15) is 25.0 Å². The van der Waals surface area contributed by atoms with Crippen LogP contribution in [-0.4, -0.2) is 39.5 Å². The molecule has 0 saturated carbocycles. The summed E-state index contributed by atoms with van der Waals surface area (Å²) in [6, 6.07) is 1.75. The number of nitro groups is 2. The van der Waals surface area contributed by atoms with Crippen LogP contribution in [0.2, 0.25) is 0 Å². The van der Waals surface area contributed by atoms with Crippen molar-refractivity contribution in [2.45, 2.75) is 6.04 Å². The molecule has 2 rings (SSSR count). The lowest BCUT2D eigenvalue weighted by Crippen LogP contribution is -2.18. The van der Waals surface area contributed by atoms with Gasteiger partial charge in [0.25, 0.3) is 11.4 Å². The van der Waals surface area contributed by atoms with Crippen molar-refractivity contribution < 1.29 is 24.5 Å². The van der Waals surface area contributed by atoms with E-state index in [4.69, 9.17) is 9.84 Å². The number of nitrogens with zero attached hydrogens (tertiary/aromatic N) is 3. The van der Waals surface area contributed by atoms with Gasteiger partial charge in [-0.3, -0.25) is 20.2 Å². The second kappa shape index (κ2) is 4.91. The molecule has 1 aromatic rings. The quantitative estimate of drug-likeness (QED) is 0.632. The van der Waals surface area contributed by atoms with Crippen molar-refractivity contribution in [2.75, 3.05) is 6.61 Å². The Morgan fingerprint density at radius 3 is 2.20 bits per heavy atom. The zero-order chi connectivity index (χ0) is 14.9. The molecule has 1 aliphatic rings. The number of non-ortho nitro benzene ring substituents is 2. The average Bonchev–Trinajstić information content (AvgIpc) is 2.87. The molecule has 10 nitrogen and oxygen atoms in total. The Morgan fingerprint density at radius 2 is 1.80 bits per heavy atom. The van der Waals surface area contributed by atoms with E-state index in [1.54, 1.807) is 0 Å². The van der Waals surface area contributed by atoms with Gasteiger partial charge in [0.2, 0.25) is 5.90 Å². The minimum Gasteiger partial charge on any atom is -0.480 e. The molecule has 10 heteroatoms. The predicted molar refractivity (Wildman–Crippen MR) is 63.7 cm³/mol.